The fourth-order valence-corrected chi connectivity index (χ4v) is 2.27. The first kappa shape index (κ1) is 26.2. The van der Waals surface area contributed by atoms with E-state index in [-0.39, 0.29) is 5.83 Å². The molecule has 0 bridgehead atoms. The largest absolute Gasteiger partial charge is 0.380 e. The van der Waals surface area contributed by atoms with Gasteiger partial charge in [0.2, 0.25) is 0 Å². The third kappa shape index (κ3) is 10.9. The van der Waals surface area contributed by atoms with E-state index in [9.17, 15) is 4.39 Å². The van der Waals surface area contributed by atoms with Crippen LogP contribution in [0.25, 0.3) is 0 Å². The molecule has 0 fully saturated rings. The van der Waals surface area contributed by atoms with Crippen molar-refractivity contribution in [2.45, 2.75) is 41.0 Å². The molecule has 0 aromatic heterocycles. The molecule has 4 nitrogen and oxygen atoms in total. The SMILES string of the molecule is C=C(NCC1=CC(C)=C(F)C=CC1)C(/C=C(\C)C(=C)C)=NC(C)=NCC.C=NC. The summed E-state index contributed by atoms with van der Waals surface area (Å²) in [4.78, 5) is 12.2. The summed E-state index contributed by atoms with van der Waals surface area (Å²) < 4.78 is 13.6. The Balaban J connectivity index is 0.00000245. The number of hydrogen-bond donors (Lipinski definition) is 1. The highest BCUT2D eigenvalue weighted by atomic mass is 19.1. The fraction of sp³-hybridized carbons (Fsp3) is 0.375. The van der Waals surface area contributed by atoms with Crippen LogP contribution in [0.5, 0.6) is 0 Å². The quantitative estimate of drug-likeness (QED) is 0.322. The minimum absolute atomic E-state index is 0.188. The molecule has 1 N–H and O–H groups in total. The van der Waals surface area contributed by atoms with Crippen molar-refractivity contribution in [3.8, 4) is 0 Å². The zero-order valence-corrected chi connectivity index (χ0v) is 18.8. The maximum Gasteiger partial charge on any atom is 0.125 e. The van der Waals surface area contributed by atoms with Gasteiger partial charge in [-0.05, 0) is 76.6 Å². The van der Waals surface area contributed by atoms with E-state index in [0.717, 1.165) is 22.4 Å². The molecule has 1 aliphatic rings. The third-order valence-electron chi connectivity index (χ3n) is 3.98. The number of halogens is 1. The lowest BCUT2D eigenvalue weighted by Gasteiger charge is -2.13. The Morgan fingerprint density at radius 3 is 2.45 bits per heavy atom. The Kier molecular flexibility index (Phi) is 12.8. The number of rotatable bonds is 7. The van der Waals surface area contributed by atoms with Crippen molar-refractivity contribution in [3.63, 3.8) is 0 Å². The van der Waals surface area contributed by atoms with Crippen LogP contribution in [0.15, 0.2) is 86.3 Å². The second kappa shape index (κ2) is 14.2. The molecule has 0 saturated heterocycles. The molecule has 29 heavy (non-hydrogen) atoms. The number of nitrogens with one attached hydrogen (secondary N) is 1. The van der Waals surface area contributed by atoms with Crippen molar-refractivity contribution < 1.29 is 4.39 Å². The van der Waals surface area contributed by atoms with E-state index in [1.54, 1.807) is 14.0 Å². The molecular formula is C24H35FN4. The van der Waals surface area contributed by atoms with Crippen molar-refractivity contribution in [1.29, 1.82) is 0 Å². The van der Waals surface area contributed by atoms with Crippen molar-refractivity contribution in [1.82, 2.24) is 5.32 Å². The van der Waals surface area contributed by atoms with Crippen molar-refractivity contribution in [2.75, 3.05) is 20.1 Å². The lowest BCUT2D eigenvalue weighted by molar-refractivity contribution is 0.658. The number of hydrogen-bond acceptors (Lipinski definition) is 3. The molecular weight excluding hydrogens is 363 g/mol. The molecule has 0 amide bonds. The van der Waals surface area contributed by atoms with Gasteiger partial charge in [-0.2, -0.15) is 0 Å². The van der Waals surface area contributed by atoms with Gasteiger partial charge >= 0.3 is 0 Å². The summed E-state index contributed by atoms with van der Waals surface area (Å²) >= 11 is 0. The van der Waals surface area contributed by atoms with Gasteiger partial charge < -0.3 is 10.3 Å². The predicted molar refractivity (Wildman–Crippen MR) is 128 cm³/mol. The monoisotopic (exact) mass is 398 g/mol. The van der Waals surface area contributed by atoms with Gasteiger partial charge in [0.05, 0.1) is 11.4 Å². The van der Waals surface area contributed by atoms with Gasteiger partial charge in [-0.1, -0.05) is 30.9 Å². The molecule has 0 spiro atoms. The normalized spacial score (nSPS) is 15.1. The van der Waals surface area contributed by atoms with Crippen molar-refractivity contribution in [3.05, 3.63) is 71.3 Å². The van der Waals surface area contributed by atoms with E-state index >= 15 is 0 Å². The molecule has 1 aliphatic carbocycles. The zero-order chi connectivity index (χ0) is 22.4. The summed E-state index contributed by atoms with van der Waals surface area (Å²) in [5.74, 6) is 0.515. The molecule has 0 saturated carbocycles. The molecule has 5 heteroatoms. The van der Waals surface area contributed by atoms with Crippen molar-refractivity contribution in [2.24, 2.45) is 15.0 Å². The Morgan fingerprint density at radius 1 is 1.28 bits per heavy atom. The highest BCUT2D eigenvalue weighted by Crippen LogP contribution is 2.18. The van der Waals surface area contributed by atoms with Crippen LogP contribution in [0, 0.1) is 0 Å². The Bertz CT molecular complexity index is 790. The number of amidine groups is 1. The van der Waals surface area contributed by atoms with Crippen LogP contribution in [-0.4, -0.2) is 38.4 Å². The smallest absolute Gasteiger partial charge is 0.125 e. The third-order valence-corrected chi connectivity index (χ3v) is 3.98. The number of aliphatic imine (C=N–C) groups is 3. The Labute approximate surface area is 175 Å². The van der Waals surface area contributed by atoms with E-state index < -0.39 is 0 Å². The summed E-state index contributed by atoms with van der Waals surface area (Å²) in [6.07, 6.45) is 7.89. The molecule has 0 atom stereocenters. The van der Waals surface area contributed by atoms with E-state index in [4.69, 9.17) is 0 Å². The molecule has 0 aromatic carbocycles. The van der Waals surface area contributed by atoms with Crippen LogP contribution in [-0.2, 0) is 0 Å². The standard InChI is InChI=1S/C22H30FN3.C2H5N/c1-8-24-19(7)26-22(13-16(4)15(2)3)18(6)25-14-20-10-9-11-21(23)17(5)12-20;1-3-2/h9,11-13,25H,2,6,8,10,14H2,1,3-5,7H3;1H2,2H3/b16-13+,24-19?,26-22?;. The molecule has 1 rings (SSSR count). The van der Waals surface area contributed by atoms with E-state index in [2.05, 4.69) is 40.2 Å². The molecule has 158 valence electrons. The lowest BCUT2D eigenvalue weighted by atomic mass is 10.1. The van der Waals surface area contributed by atoms with Crippen LogP contribution in [0.1, 0.15) is 41.0 Å². The number of nitrogens with zero attached hydrogens (tertiary/aromatic N) is 3. The van der Waals surface area contributed by atoms with Gasteiger partial charge in [0, 0.05) is 20.1 Å². The summed E-state index contributed by atoms with van der Waals surface area (Å²) in [5.41, 5.74) is 5.17. The average Bonchev–Trinajstić information content (AvgIpc) is 2.80. The van der Waals surface area contributed by atoms with Gasteiger partial charge in [0.25, 0.3) is 0 Å². The average molecular weight is 399 g/mol. The minimum Gasteiger partial charge on any atom is -0.380 e. The van der Waals surface area contributed by atoms with Gasteiger partial charge in [-0.25, -0.2) is 9.38 Å². The van der Waals surface area contributed by atoms with Crippen LogP contribution < -0.4 is 5.32 Å². The highest BCUT2D eigenvalue weighted by molar-refractivity contribution is 6.13. The fourth-order valence-electron chi connectivity index (χ4n) is 2.27. The Morgan fingerprint density at radius 2 is 1.90 bits per heavy atom. The van der Waals surface area contributed by atoms with Gasteiger partial charge in [-0.15, -0.1) is 0 Å². The highest BCUT2D eigenvalue weighted by Gasteiger charge is 2.08. The molecule has 0 aromatic rings. The zero-order valence-electron chi connectivity index (χ0n) is 18.8. The lowest BCUT2D eigenvalue weighted by Crippen LogP contribution is -2.22. The second-order valence-corrected chi connectivity index (χ2v) is 6.71. The summed E-state index contributed by atoms with van der Waals surface area (Å²) in [6, 6.07) is 0. The summed E-state index contributed by atoms with van der Waals surface area (Å²) in [7, 11) is 1.64. The van der Waals surface area contributed by atoms with Crippen LogP contribution in [0.2, 0.25) is 0 Å². The van der Waals surface area contributed by atoms with Crippen LogP contribution in [0.3, 0.4) is 0 Å². The van der Waals surface area contributed by atoms with Gasteiger partial charge in [0.15, 0.2) is 0 Å². The molecule has 0 heterocycles. The summed E-state index contributed by atoms with van der Waals surface area (Å²) in [5, 5.41) is 3.31. The van der Waals surface area contributed by atoms with E-state index in [1.807, 2.05) is 45.9 Å². The molecule has 0 unspecified atom stereocenters. The number of allylic oxidation sites excluding steroid dienone is 8. The van der Waals surface area contributed by atoms with Gasteiger partial charge in [-0.3, -0.25) is 4.99 Å². The maximum absolute atomic E-state index is 13.6. The molecule has 0 radical (unpaired) electrons. The van der Waals surface area contributed by atoms with Gasteiger partial charge in [0.1, 0.15) is 11.7 Å². The predicted octanol–water partition coefficient (Wildman–Crippen LogP) is 5.94. The first-order valence-electron chi connectivity index (χ1n) is 9.60. The molecule has 0 aliphatic heterocycles. The Hall–Kier alpha value is -2.82. The second-order valence-electron chi connectivity index (χ2n) is 6.71. The van der Waals surface area contributed by atoms with E-state index in [0.29, 0.717) is 36.6 Å². The van der Waals surface area contributed by atoms with Crippen molar-refractivity contribution >= 4 is 18.3 Å². The summed E-state index contributed by atoms with van der Waals surface area (Å²) in [6.45, 7) is 22.0. The van der Waals surface area contributed by atoms with Crippen LogP contribution in [0.4, 0.5) is 4.39 Å². The first-order valence-corrected chi connectivity index (χ1v) is 9.60. The first-order chi connectivity index (χ1) is 13.7. The topological polar surface area (TPSA) is 49.1 Å². The minimum atomic E-state index is -0.188. The maximum atomic E-state index is 13.6. The van der Waals surface area contributed by atoms with Crippen LogP contribution >= 0.6 is 0 Å². The van der Waals surface area contributed by atoms with E-state index in [1.165, 1.54) is 6.08 Å².